The van der Waals surface area contributed by atoms with Crippen LogP contribution >= 0.6 is 0 Å². The average molecular weight is 381 g/mol. The van der Waals surface area contributed by atoms with Gasteiger partial charge in [-0.25, -0.2) is 0 Å². The van der Waals surface area contributed by atoms with Gasteiger partial charge in [0.1, 0.15) is 5.75 Å². The van der Waals surface area contributed by atoms with Crippen molar-refractivity contribution in [2.75, 3.05) is 49.7 Å². The highest BCUT2D eigenvalue weighted by Gasteiger charge is 2.17. The Morgan fingerprint density at radius 2 is 1.64 bits per heavy atom. The number of aromatic nitrogens is 1. The van der Waals surface area contributed by atoms with Gasteiger partial charge < -0.3 is 19.3 Å². The quantitative estimate of drug-likeness (QED) is 0.517. The zero-order valence-corrected chi connectivity index (χ0v) is 16.3. The Morgan fingerprint density at radius 3 is 2.18 bits per heavy atom. The standard InChI is InChI=1S/C22H27N3O3/c1-3-18(16-22(26)27-2)17-28-21-6-4-19(5-7-21)24-12-14-25(15-13-24)20-8-10-23-11-9-20/h3-11,18H,1,12-17H2,2H3. The Kier molecular flexibility index (Phi) is 6.89. The minimum atomic E-state index is -0.255. The van der Waals surface area contributed by atoms with Gasteiger partial charge in [-0.15, -0.1) is 6.58 Å². The average Bonchev–Trinajstić information content (AvgIpc) is 2.77. The number of piperazine rings is 1. The van der Waals surface area contributed by atoms with Crippen molar-refractivity contribution in [3.63, 3.8) is 0 Å². The van der Waals surface area contributed by atoms with Gasteiger partial charge in [0.05, 0.1) is 20.1 Å². The van der Waals surface area contributed by atoms with Crippen LogP contribution in [0.3, 0.4) is 0 Å². The van der Waals surface area contributed by atoms with Crippen molar-refractivity contribution in [3.8, 4) is 5.75 Å². The molecule has 0 aliphatic carbocycles. The molecule has 148 valence electrons. The number of nitrogens with zero attached hydrogens (tertiary/aromatic N) is 3. The van der Waals surface area contributed by atoms with Crippen molar-refractivity contribution in [2.24, 2.45) is 5.92 Å². The van der Waals surface area contributed by atoms with E-state index < -0.39 is 0 Å². The molecule has 0 bridgehead atoms. The van der Waals surface area contributed by atoms with Crippen molar-refractivity contribution < 1.29 is 14.3 Å². The van der Waals surface area contributed by atoms with Gasteiger partial charge in [-0.05, 0) is 36.4 Å². The monoisotopic (exact) mass is 381 g/mol. The van der Waals surface area contributed by atoms with Crippen molar-refractivity contribution in [1.82, 2.24) is 4.98 Å². The lowest BCUT2D eigenvalue weighted by atomic mass is 10.1. The van der Waals surface area contributed by atoms with Gasteiger partial charge in [-0.3, -0.25) is 9.78 Å². The first kappa shape index (κ1) is 19.7. The molecular weight excluding hydrogens is 354 g/mol. The first-order valence-electron chi connectivity index (χ1n) is 9.51. The second-order valence-electron chi connectivity index (χ2n) is 6.76. The normalized spacial score (nSPS) is 15.0. The van der Waals surface area contributed by atoms with Crippen molar-refractivity contribution in [1.29, 1.82) is 0 Å². The number of methoxy groups -OCH3 is 1. The minimum absolute atomic E-state index is 0.0617. The first-order valence-corrected chi connectivity index (χ1v) is 9.51. The second kappa shape index (κ2) is 9.78. The highest BCUT2D eigenvalue weighted by Crippen LogP contribution is 2.23. The molecular formula is C22H27N3O3. The number of hydrogen-bond donors (Lipinski definition) is 0. The van der Waals surface area contributed by atoms with Gasteiger partial charge >= 0.3 is 5.97 Å². The van der Waals surface area contributed by atoms with Crippen LogP contribution < -0.4 is 14.5 Å². The Balaban J connectivity index is 1.49. The summed E-state index contributed by atoms with van der Waals surface area (Å²) >= 11 is 0. The Bertz CT molecular complexity index is 756. The molecule has 1 aliphatic heterocycles. The Morgan fingerprint density at radius 1 is 1.07 bits per heavy atom. The molecule has 3 rings (SSSR count). The van der Waals surface area contributed by atoms with Gasteiger partial charge in [0, 0.05) is 55.9 Å². The number of benzene rings is 1. The third-order valence-electron chi connectivity index (χ3n) is 4.96. The zero-order chi connectivity index (χ0) is 19.8. The Hall–Kier alpha value is -3.02. The van der Waals surface area contributed by atoms with Crippen molar-refractivity contribution in [2.45, 2.75) is 6.42 Å². The minimum Gasteiger partial charge on any atom is -0.493 e. The van der Waals surface area contributed by atoms with E-state index in [1.54, 1.807) is 6.08 Å². The number of hydrogen-bond acceptors (Lipinski definition) is 6. The Labute approximate surface area is 166 Å². The van der Waals surface area contributed by atoms with E-state index in [9.17, 15) is 4.79 Å². The van der Waals surface area contributed by atoms with E-state index in [1.807, 2.05) is 24.5 Å². The third-order valence-corrected chi connectivity index (χ3v) is 4.96. The first-order chi connectivity index (χ1) is 13.7. The van der Waals surface area contributed by atoms with E-state index in [4.69, 9.17) is 9.47 Å². The molecule has 0 radical (unpaired) electrons. The van der Waals surface area contributed by atoms with E-state index in [2.05, 4.69) is 45.6 Å². The van der Waals surface area contributed by atoms with Gasteiger partial charge in [-0.2, -0.15) is 0 Å². The fourth-order valence-corrected chi connectivity index (χ4v) is 3.24. The van der Waals surface area contributed by atoms with Crippen LogP contribution in [0.2, 0.25) is 0 Å². The van der Waals surface area contributed by atoms with Crippen LogP contribution in [0.4, 0.5) is 11.4 Å². The lowest BCUT2D eigenvalue weighted by molar-refractivity contribution is -0.141. The van der Waals surface area contributed by atoms with Gasteiger partial charge in [0.15, 0.2) is 0 Å². The molecule has 1 unspecified atom stereocenters. The number of anilines is 2. The summed E-state index contributed by atoms with van der Waals surface area (Å²) in [6.45, 7) is 8.08. The summed E-state index contributed by atoms with van der Waals surface area (Å²) in [6, 6.07) is 12.2. The molecule has 0 N–H and O–H groups in total. The zero-order valence-electron chi connectivity index (χ0n) is 16.3. The van der Waals surface area contributed by atoms with E-state index in [1.165, 1.54) is 18.5 Å². The maximum Gasteiger partial charge on any atom is 0.306 e. The maximum absolute atomic E-state index is 11.4. The van der Waals surface area contributed by atoms with Gasteiger partial charge in [-0.1, -0.05) is 6.08 Å². The SMILES string of the molecule is C=CC(COc1ccc(N2CCN(c3ccncc3)CC2)cc1)CC(=O)OC. The molecule has 1 saturated heterocycles. The van der Waals surface area contributed by atoms with E-state index in [-0.39, 0.29) is 18.3 Å². The molecule has 2 aromatic rings. The maximum atomic E-state index is 11.4. The predicted molar refractivity (Wildman–Crippen MR) is 111 cm³/mol. The van der Waals surface area contributed by atoms with E-state index in [0.29, 0.717) is 6.61 Å². The summed E-state index contributed by atoms with van der Waals surface area (Å²) < 4.78 is 10.5. The van der Waals surface area contributed by atoms with Gasteiger partial charge in [0.2, 0.25) is 0 Å². The van der Waals surface area contributed by atoms with Crippen LogP contribution in [0, 0.1) is 5.92 Å². The summed E-state index contributed by atoms with van der Waals surface area (Å²) in [7, 11) is 1.39. The molecule has 28 heavy (non-hydrogen) atoms. The molecule has 0 amide bonds. The molecule has 0 saturated carbocycles. The number of ether oxygens (including phenoxy) is 2. The fourth-order valence-electron chi connectivity index (χ4n) is 3.24. The lowest BCUT2D eigenvalue weighted by Gasteiger charge is -2.37. The molecule has 6 nitrogen and oxygen atoms in total. The summed E-state index contributed by atoms with van der Waals surface area (Å²) in [5.74, 6) is 0.471. The van der Waals surface area contributed by atoms with Crippen molar-refractivity contribution >= 4 is 17.3 Å². The van der Waals surface area contributed by atoms with Crippen LogP contribution in [0.15, 0.2) is 61.4 Å². The van der Waals surface area contributed by atoms with Crippen molar-refractivity contribution in [3.05, 3.63) is 61.4 Å². The molecule has 6 heteroatoms. The van der Waals surface area contributed by atoms with E-state index >= 15 is 0 Å². The number of esters is 1. The number of carbonyl (C=O) groups excluding carboxylic acids is 1. The molecule has 1 aliphatic rings. The summed E-state index contributed by atoms with van der Waals surface area (Å²) in [5.41, 5.74) is 2.42. The third kappa shape index (κ3) is 5.25. The fraction of sp³-hybridized carbons (Fsp3) is 0.364. The van der Waals surface area contributed by atoms with Crippen LogP contribution in [-0.2, 0) is 9.53 Å². The number of carbonyl (C=O) groups is 1. The highest BCUT2D eigenvalue weighted by molar-refractivity contribution is 5.69. The largest absolute Gasteiger partial charge is 0.493 e. The molecule has 1 fully saturated rings. The molecule has 0 spiro atoms. The number of pyridine rings is 1. The van der Waals surface area contributed by atoms with Crippen LogP contribution in [0.1, 0.15) is 6.42 Å². The van der Waals surface area contributed by atoms with E-state index in [0.717, 1.165) is 31.9 Å². The summed E-state index contributed by atoms with van der Waals surface area (Å²) in [4.78, 5) is 20.2. The topological polar surface area (TPSA) is 54.9 Å². The van der Waals surface area contributed by atoms with Crippen LogP contribution in [-0.4, -0.2) is 50.8 Å². The second-order valence-corrected chi connectivity index (χ2v) is 6.76. The van der Waals surface area contributed by atoms with Crippen LogP contribution in [0.25, 0.3) is 0 Å². The molecule has 2 heterocycles. The highest BCUT2D eigenvalue weighted by atomic mass is 16.5. The lowest BCUT2D eigenvalue weighted by Crippen LogP contribution is -2.46. The summed E-state index contributed by atoms with van der Waals surface area (Å²) in [5, 5.41) is 0. The van der Waals surface area contributed by atoms with Gasteiger partial charge in [0.25, 0.3) is 0 Å². The molecule has 1 atom stereocenters. The predicted octanol–water partition coefficient (Wildman–Crippen LogP) is 3.15. The number of rotatable bonds is 8. The molecule has 1 aromatic carbocycles. The van der Waals surface area contributed by atoms with Crippen LogP contribution in [0.5, 0.6) is 5.75 Å². The molecule has 1 aromatic heterocycles. The summed E-state index contributed by atoms with van der Waals surface area (Å²) in [6.07, 6.45) is 5.68. The smallest absolute Gasteiger partial charge is 0.306 e.